The summed E-state index contributed by atoms with van der Waals surface area (Å²) < 4.78 is 0. The summed E-state index contributed by atoms with van der Waals surface area (Å²) >= 11 is 5.89. The third-order valence-corrected chi connectivity index (χ3v) is 1.97. The molecule has 0 unspecified atom stereocenters. The minimum atomic E-state index is 0.172. The fourth-order valence-corrected chi connectivity index (χ4v) is 1.18. The second-order valence-electron chi connectivity index (χ2n) is 3.75. The van der Waals surface area contributed by atoms with Crippen molar-refractivity contribution in [3.05, 3.63) is 23.4 Å². The molecule has 11 heavy (non-hydrogen) atoms. The zero-order valence-corrected chi connectivity index (χ0v) is 8.02. The molecule has 0 saturated carbocycles. The Labute approximate surface area is 73.3 Å². The predicted molar refractivity (Wildman–Crippen MR) is 49.5 cm³/mol. The van der Waals surface area contributed by atoms with Crippen LogP contribution in [0.25, 0.3) is 0 Å². The number of rotatable bonds is 0. The third-order valence-electron chi connectivity index (χ3n) is 1.73. The van der Waals surface area contributed by atoms with E-state index in [1.54, 1.807) is 0 Å². The molecule has 0 saturated heterocycles. The maximum Gasteiger partial charge on any atom is 0.0536 e. The molecule has 0 aromatic heterocycles. The van der Waals surface area contributed by atoms with E-state index in [1.165, 1.54) is 0 Å². The molecule has 0 aliphatic carbocycles. The number of hydrogen-bond donors (Lipinski definition) is 0. The van der Waals surface area contributed by atoms with Gasteiger partial charge in [0.15, 0.2) is 0 Å². The van der Waals surface area contributed by atoms with Gasteiger partial charge in [-0.3, -0.25) is 0 Å². The maximum atomic E-state index is 5.89. The summed E-state index contributed by atoms with van der Waals surface area (Å²) in [6.07, 6.45) is 5.99. The Bertz CT molecular complexity index is 198. The molecule has 62 valence electrons. The molecule has 0 spiro atoms. The molecular formula is C9H14ClN. The van der Waals surface area contributed by atoms with Crippen molar-refractivity contribution in [2.24, 2.45) is 0 Å². The van der Waals surface area contributed by atoms with Crippen LogP contribution >= 0.6 is 11.6 Å². The van der Waals surface area contributed by atoms with Crippen LogP contribution in [-0.2, 0) is 0 Å². The summed E-state index contributed by atoms with van der Waals surface area (Å²) in [7, 11) is 0. The van der Waals surface area contributed by atoms with Gasteiger partial charge in [-0.1, -0.05) is 11.6 Å². The van der Waals surface area contributed by atoms with Crippen molar-refractivity contribution in [3.8, 4) is 0 Å². The first-order valence-corrected chi connectivity index (χ1v) is 4.17. The molecule has 1 heterocycles. The highest BCUT2D eigenvalue weighted by Crippen LogP contribution is 2.20. The molecule has 0 aromatic rings. The zero-order valence-electron chi connectivity index (χ0n) is 7.26. The number of nitrogens with zero attached hydrogens (tertiary/aromatic N) is 1. The minimum Gasteiger partial charge on any atom is -0.367 e. The number of hydrogen-bond acceptors (Lipinski definition) is 1. The van der Waals surface area contributed by atoms with E-state index in [2.05, 4.69) is 31.9 Å². The van der Waals surface area contributed by atoms with Gasteiger partial charge in [-0.2, -0.15) is 0 Å². The first-order valence-electron chi connectivity index (χ1n) is 3.80. The molecule has 0 N–H and O–H groups in total. The molecule has 0 fully saturated rings. The van der Waals surface area contributed by atoms with E-state index in [0.717, 1.165) is 11.6 Å². The minimum absolute atomic E-state index is 0.172. The quantitative estimate of drug-likeness (QED) is 0.542. The summed E-state index contributed by atoms with van der Waals surface area (Å²) in [4.78, 5) is 2.22. The topological polar surface area (TPSA) is 3.24 Å². The van der Waals surface area contributed by atoms with Gasteiger partial charge in [0.1, 0.15) is 0 Å². The average molecular weight is 172 g/mol. The molecule has 0 atom stereocenters. The molecule has 1 rings (SSSR count). The highest BCUT2D eigenvalue weighted by atomic mass is 35.5. The second kappa shape index (κ2) is 2.90. The molecule has 0 amide bonds. The monoisotopic (exact) mass is 171 g/mol. The highest BCUT2D eigenvalue weighted by molar-refractivity contribution is 6.30. The Balaban J connectivity index is 2.67. The predicted octanol–water partition coefficient (Wildman–Crippen LogP) is 2.74. The molecule has 1 aliphatic rings. The molecule has 0 bridgehead atoms. The lowest BCUT2D eigenvalue weighted by atomic mass is 10.1. The van der Waals surface area contributed by atoms with Gasteiger partial charge in [-0.15, -0.1) is 0 Å². The summed E-state index contributed by atoms with van der Waals surface area (Å²) in [5.41, 5.74) is 0.172. The standard InChI is InChI=1S/C9H14ClN/c1-9(2,3)11-6-4-5-8(10)7-11/h4-6H,7H2,1-3H3. The Morgan fingerprint density at radius 1 is 1.45 bits per heavy atom. The van der Waals surface area contributed by atoms with Gasteiger partial charge in [0.05, 0.1) is 6.54 Å². The van der Waals surface area contributed by atoms with Crippen LogP contribution in [0.15, 0.2) is 23.4 Å². The van der Waals surface area contributed by atoms with Crippen LogP contribution in [0.2, 0.25) is 0 Å². The van der Waals surface area contributed by atoms with Gasteiger partial charge in [0, 0.05) is 10.6 Å². The largest absolute Gasteiger partial charge is 0.367 e. The molecule has 0 aromatic carbocycles. The maximum absolute atomic E-state index is 5.89. The Morgan fingerprint density at radius 2 is 2.09 bits per heavy atom. The highest BCUT2D eigenvalue weighted by Gasteiger charge is 2.19. The SMILES string of the molecule is CC(C)(C)N1C=CC=C(Cl)C1. The lowest BCUT2D eigenvalue weighted by Gasteiger charge is -2.35. The van der Waals surface area contributed by atoms with Crippen LogP contribution in [0.5, 0.6) is 0 Å². The van der Waals surface area contributed by atoms with Crippen molar-refractivity contribution in [3.63, 3.8) is 0 Å². The van der Waals surface area contributed by atoms with Gasteiger partial charge in [0.25, 0.3) is 0 Å². The van der Waals surface area contributed by atoms with E-state index in [0.29, 0.717) is 0 Å². The lowest BCUT2D eigenvalue weighted by Crippen LogP contribution is -2.38. The average Bonchev–Trinajstić information content (AvgIpc) is 1.86. The molecule has 2 heteroatoms. The third kappa shape index (κ3) is 2.26. The smallest absolute Gasteiger partial charge is 0.0536 e. The first-order chi connectivity index (χ1) is 5.00. The number of allylic oxidation sites excluding steroid dienone is 2. The van der Waals surface area contributed by atoms with Crippen LogP contribution in [0.4, 0.5) is 0 Å². The van der Waals surface area contributed by atoms with Crippen LogP contribution in [0.3, 0.4) is 0 Å². The van der Waals surface area contributed by atoms with E-state index >= 15 is 0 Å². The fraction of sp³-hybridized carbons (Fsp3) is 0.556. The van der Waals surface area contributed by atoms with E-state index in [-0.39, 0.29) is 5.54 Å². The molecule has 1 aliphatic heterocycles. The van der Waals surface area contributed by atoms with E-state index in [9.17, 15) is 0 Å². The van der Waals surface area contributed by atoms with E-state index in [1.807, 2.05) is 12.2 Å². The van der Waals surface area contributed by atoms with Crippen LogP contribution < -0.4 is 0 Å². The molecule has 1 nitrogen and oxygen atoms in total. The summed E-state index contributed by atoms with van der Waals surface area (Å²) in [5, 5.41) is 0.905. The Hall–Kier alpha value is -0.430. The van der Waals surface area contributed by atoms with Crippen LogP contribution in [0.1, 0.15) is 20.8 Å². The van der Waals surface area contributed by atoms with Crippen LogP contribution in [0, 0.1) is 0 Å². The van der Waals surface area contributed by atoms with Crippen molar-refractivity contribution in [2.45, 2.75) is 26.3 Å². The molecular weight excluding hydrogens is 158 g/mol. The van der Waals surface area contributed by atoms with Crippen molar-refractivity contribution < 1.29 is 0 Å². The van der Waals surface area contributed by atoms with E-state index in [4.69, 9.17) is 11.6 Å². The normalized spacial score (nSPS) is 18.5. The van der Waals surface area contributed by atoms with E-state index < -0.39 is 0 Å². The van der Waals surface area contributed by atoms with Crippen LogP contribution in [-0.4, -0.2) is 17.0 Å². The molecule has 0 radical (unpaired) electrons. The summed E-state index contributed by atoms with van der Waals surface area (Å²) in [6, 6.07) is 0. The van der Waals surface area contributed by atoms with Crippen molar-refractivity contribution >= 4 is 11.6 Å². The summed E-state index contributed by atoms with van der Waals surface area (Å²) in [5.74, 6) is 0. The van der Waals surface area contributed by atoms with Gasteiger partial charge >= 0.3 is 0 Å². The zero-order chi connectivity index (χ0) is 8.48. The fourth-order valence-electron chi connectivity index (χ4n) is 0.980. The Morgan fingerprint density at radius 3 is 2.45 bits per heavy atom. The van der Waals surface area contributed by atoms with Gasteiger partial charge < -0.3 is 4.90 Å². The summed E-state index contributed by atoms with van der Waals surface area (Å²) in [6.45, 7) is 7.36. The van der Waals surface area contributed by atoms with Gasteiger partial charge in [-0.05, 0) is 39.1 Å². The lowest BCUT2D eigenvalue weighted by molar-refractivity contribution is 0.222. The van der Waals surface area contributed by atoms with Gasteiger partial charge in [0.2, 0.25) is 0 Å². The Kier molecular flexibility index (Phi) is 2.28. The van der Waals surface area contributed by atoms with Crippen molar-refractivity contribution in [2.75, 3.05) is 6.54 Å². The number of halogens is 1. The van der Waals surface area contributed by atoms with Crippen molar-refractivity contribution in [1.82, 2.24) is 4.90 Å². The van der Waals surface area contributed by atoms with Crippen molar-refractivity contribution in [1.29, 1.82) is 0 Å². The van der Waals surface area contributed by atoms with Gasteiger partial charge in [-0.25, -0.2) is 0 Å². The first kappa shape index (κ1) is 8.66. The second-order valence-corrected chi connectivity index (χ2v) is 4.24.